The van der Waals surface area contributed by atoms with E-state index in [-0.39, 0.29) is 17.9 Å². The summed E-state index contributed by atoms with van der Waals surface area (Å²) >= 11 is 0. The van der Waals surface area contributed by atoms with Crippen LogP contribution in [0.1, 0.15) is 33.1 Å². The Balaban J connectivity index is 1.95. The highest BCUT2D eigenvalue weighted by molar-refractivity contribution is 5.96. The number of hydrogen-bond acceptors (Lipinski definition) is 4. The number of hydrogen-bond donors (Lipinski definition) is 1. The molecule has 0 aromatic heterocycles. The van der Waals surface area contributed by atoms with Gasteiger partial charge in [-0.05, 0) is 51.8 Å². The van der Waals surface area contributed by atoms with Crippen LogP contribution < -0.4 is 5.32 Å². The van der Waals surface area contributed by atoms with Crippen LogP contribution >= 0.6 is 0 Å². The van der Waals surface area contributed by atoms with Crippen molar-refractivity contribution in [2.45, 2.75) is 45.2 Å². The van der Waals surface area contributed by atoms with Gasteiger partial charge in [0.05, 0.1) is 18.9 Å². The second-order valence-electron chi connectivity index (χ2n) is 7.41. The number of allylic oxidation sites excluding steroid dienone is 1. The zero-order valence-electron chi connectivity index (χ0n) is 15.8. The van der Waals surface area contributed by atoms with Gasteiger partial charge in [-0.25, -0.2) is 0 Å². The molecule has 0 saturated carbocycles. The summed E-state index contributed by atoms with van der Waals surface area (Å²) in [7, 11) is 1.40. The third-order valence-electron chi connectivity index (χ3n) is 5.54. The molecule has 1 saturated heterocycles. The first kappa shape index (κ1) is 18.6. The van der Waals surface area contributed by atoms with Gasteiger partial charge in [0.25, 0.3) is 0 Å². The number of likely N-dealkylation sites (tertiary alicyclic amines) is 1. The van der Waals surface area contributed by atoms with Crippen molar-refractivity contribution in [3.05, 3.63) is 42.0 Å². The number of carbonyl (C=O) groups excluding carboxylic acids is 2. The van der Waals surface area contributed by atoms with Crippen molar-refractivity contribution in [2.75, 3.05) is 19.0 Å². The van der Waals surface area contributed by atoms with Crippen molar-refractivity contribution < 1.29 is 14.3 Å². The average molecular weight is 356 g/mol. The standard InChI is InChI=1S/C21H28N2O3/c1-14(2)23-13-7-8-15-11-12-17(21(25)26-3)18(19(15)23)20(24)22-16-9-5-4-6-10-16/h4-6,9-11,14,17-19H,7-8,12-13H2,1-3H3,(H,22,24)/t17-,18-,19+/m1/s1. The normalized spacial score (nSPS) is 26.0. The number of rotatable bonds is 4. The minimum Gasteiger partial charge on any atom is -0.469 e. The van der Waals surface area contributed by atoms with E-state index in [0.29, 0.717) is 12.5 Å². The fourth-order valence-corrected chi connectivity index (χ4v) is 4.32. The molecular formula is C21H28N2O3. The molecule has 0 bridgehead atoms. The fourth-order valence-electron chi connectivity index (χ4n) is 4.32. The van der Waals surface area contributed by atoms with E-state index in [2.05, 4.69) is 30.1 Å². The van der Waals surface area contributed by atoms with Gasteiger partial charge in [0.2, 0.25) is 5.91 Å². The lowest BCUT2D eigenvalue weighted by Crippen LogP contribution is -2.56. The van der Waals surface area contributed by atoms with E-state index in [0.717, 1.165) is 25.1 Å². The quantitative estimate of drug-likeness (QED) is 0.665. The summed E-state index contributed by atoms with van der Waals surface area (Å²) in [5.41, 5.74) is 2.04. The maximum Gasteiger partial charge on any atom is 0.309 e. The number of fused-ring (bicyclic) bond motifs is 1. The number of piperidine rings is 1. The molecule has 26 heavy (non-hydrogen) atoms. The minimum atomic E-state index is -0.447. The topological polar surface area (TPSA) is 58.6 Å². The van der Waals surface area contributed by atoms with Gasteiger partial charge in [0.1, 0.15) is 0 Å². The fraction of sp³-hybridized carbons (Fsp3) is 0.524. The molecule has 1 aliphatic carbocycles. The summed E-state index contributed by atoms with van der Waals surface area (Å²) in [4.78, 5) is 28.0. The number of ether oxygens (including phenoxy) is 1. The minimum absolute atomic E-state index is 0.0367. The molecule has 1 heterocycles. The summed E-state index contributed by atoms with van der Waals surface area (Å²) in [5.74, 6) is -1.29. The van der Waals surface area contributed by atoms with Gasteiger partial charge in [0, 0.05) is 17.8 Å². The van der Waals surface area contributed by atoms with Crippen LogP contribution in [0.15, 0.2) is 42.0 Å². The van der Waals surface area contributed by atoms with Crippen LogP contribution in [0, 0.1) is 11.8 Å². The van der Waals surface area contributed by atoms with E-state index in [1.165, 1.54) is 12.7 Å². The smallest absolute Gasteiger partial charge is 0.309 e. The molecular weight excluding hydrogens is 328 g/mol. The van der Waals surface area contributed by atoms with E-state index in [1.807, 2.05) is 30.3 Å². The van der Waals surface area contributed by atoms with Crippen molar-refractivity contribution in [3.63, 3.8) is 0 Å². The van der Waals surface area contributed by atoms with Crippen LogP contribution in [0.2, 0.25) is 0 Å². The number of carbonyl (C=O) groups is 2. The first-order valence-corrected chi connectivity index (χ1v) is 9.41. The number of nitrogens with zero attached hydrogens (tertiary/aromatic N) is 1. The van der Waals surface area contributed by atoms with Crippen LogP contribution in [0.5, 0.6) is 0 Å². The maximum absolute atomic E-state index is 13.2. The van der Waals surface area contributed by atoms with E-state index >= 15 is 0 Å². The van der Waals surface area contributed by atoms with Gasteiger partial charge in [0.15, 0.2) is 0 Å². The predicted octanol–water partition coefficient (Wildman–Crippen LogP) is 3.23. The van der Waals surface area contributed by atoms with Gasteiger partial charge in [-0.15, -0.1) is 0 Å². The number of methoxy groups -OCH3 is 1. The van der Waals surface area contributed by atoms with Crippen LogP contribution in [0.4, 0.5) is 5.69 Å². The molecule has 1 amide bonds. The summed E-state index contributed by atoms with van der Waals surface area (Å²) < 4.78 is 5.03. The molecule has 2 aliphatic rings. The van der Waals surface area contributed by atoms with Crippen molar-refractivity contribution in [1.82, 2.24) is 4.90 Å². The van der Waals surface area contributed by atoms with E-state index < -0.39 is 11.8 Å². The Morgan fingerprint density at radius 2 is 1.96 bits per heavy atom. The lowest BCUT2D eigenvalue weighted by molar-refractivity contribution is -0.151. The highest BCUT2D eigenvalue weighted by atomic mass is 16.5. The first-order valence-electron chi connectivity index (χ1n) is 9.41. The molecule has 5 heteroatoms. The summed E-state index contributed by atoms with van der Waals surface area (Å²) in [6.07, 6.45) is 4.82. The highest BCUT2D eigenvalue weighted by Crippen LogP contribution is 2.40. The van der Waals surface area contributed by atoms with Crippen molar-refractivity contribution >= 4 is 17.6 Å². The molecule has 1 aromatic carbocycles. The Morgan fingerprint density at radius 1 is 1.23 bits per heavy atom. The molecule has 1 aromatic rings. The van der Waals surface area contributed by atoms with Gasteiger partial charge in [-0.1, -0.05) is 29.8 Å². The largest absolute Gasteiger partial charge is 0.469 e. The van der Waals surface area contributed by atoms with E-state index in [9.17, 15) is 9.59 Å². The SMILES string of the molecule is COC(=O)[C@@H]1CC=C2CCCN(C(C)C)[C@@H]2[C@@H]1C(=O)Nc1ccccc1. The summed E-state index contributed by atoms with van der Waals surface area (Å²) in [6, 6.07) is 9.70. The first-order chi connectivity index (χ1) is 12.5. The number of nitrogens with one attached hydrogen (secondary N) is 1. The van der Waals surface area contributed by atoms with Crippen molar-refractivity contribution in [3.8, 4) is 0 Å². The molecule has 1 aliphatic heterocycles. The number of anilines is 1. The highest BCUT2D eigenvalue weighted by Gasteiger charge is 2.47. The lowest BCUT2D eigenvalue weighted by atomic mass is 9.71. The number of amides is 1. The third-order valence-corrected chi connectivity index (χ3v) is 5.54. The van der Waals surface area contributed by atoms with Gasteiger partial charge < -0.3 is 10.1 Å². The van der Waals surface area contributed by atoms with E-state index in [4.69, 9.17) is 4.74 Å². The molecule has 0 spiro atoms. The Bertz CT molecular complexity index is 684. The van der Waals surface area contributed by atoms with Crippen LogP contribution in [0.25, 0.3) is 0 Å². The summed E-state index contributed by atoms with van der Waals surface area (Å²) in [6.45, 7) is 5.25. The summed E-state index contributed by atoms with van der Waals surface area (Å²) in [5, 5.41) is 3.01. The second-order valence-corrected chi connectivity index (χ2v) is 7.41. The molecule has 3 rings (SSSR count). The van der Waals surface area contributed by atoms with Crippen molar-refractivity contribution in [1.29, 1.82) is 0 Å². The molecule has 1 fully saturated rings. The number of para-hydroxylation sites is 1. The monoisotopic (exact) mass is 356 g/mol. The Hall–Kier alpha value is -2.14. The van der Waals surface area contributed by atoms with Gasteiger partial charge in [-0.3, -0.25) is 14.5 Å². The average Bonchev–Trinajstić information content (AvgIpc) is 2.66. The van der Waals surface area contributed by atoms with Crippen LogP contribution in [-0.4, -0.2) is 42.5 Å². The van der Waals surface area contributed by atoms with Gasteiger partial charge >= 0.3 is 5.97 Å². The Labute approximate surface area is 155 Å². The molecule has 3 atom stereocenters. The van der Waals surface area contributed by atoms with Crippen LogP contribution in [-0.2, 0) is 14.3 Å². The molecule has 0 unspecified atom stereocenters. The molecule has 0 radical (unpaired) electrons. The Morgan fingerprint density at radius 3 is 2.62 bits per heavy atom. The second kappa shape index (κ2) is 8.04. The zero-order valence-corrected chi connectivity index (χ0v) is 15.8. The van der Waals surface area contributed by atoms with E-state index in [1.54, 1.807) is 0 Å². The number of benzene rings is 1. The van der Waals surface area contributed by atoms with Crippen molar-refractivity contribution in [2.24, 2.45) is 11.8 Å². The molecule has 1 N–H and O–H groups in total. The Kier molecular flexibility index (Phi) is 5.77. The number of esters is 1. The predicted molar refractivity (Wildman–Crippen MR) is 102 cm³/mol. The zero-order chi connectivity index (χ0) is 18.7. The lowest BCUT2D eigenvalue weighted by Gasteiger charge is -2.47. The van der Waals surface area contributed by atoms with Gasteiger partial charge in [-0.2, -0.15) is 0 Å². The molecule has 140 valence electrons. The maximum atomic E-state index is 13.2. The van der Waals surface area contributed by atoms with Crippen LogP contribution in [0.3, 0.4) is 0 Å². The third kappa shape index (κ3) is 3.68. The molecule has 5 nitrogen and oxygen atoms in total.